The topological polar surface area (TPSA) is 47.4 Å². The van der Waals surface area contributed by atoms with Crippen LogP contribution < -0.4 is 10.5 Å². The van der Waals surface area contributed by atoms with Gasteiger partial charge in [-0.05, 0) is 27.4 Å². The molecule has 1 fully saturated rings. The second-order valence-electron chi connectivity index (χ2n) is 4.59. The van der Waals surface area contributed by atoms with E-state index in [4.69, 9.17) is 4.74 Å². The first-order chi connectivity index (χ1) is 9.66. The van der Waals surface area contributed by atoms with E-state index in [1.807, 2.05) is 11.4 Å². The number of hydrogen-bond donors (Lipinski definition) is 0. The molecule has 1 saturated heterocycles. The minimum atomic E-state index is -0.123. The fourth-order valence-electron chi connectivity index (χ4n) is 2.24. The van der Waals surface area contributed by atoms with Crippen LogP contribution in [0.3, 0.4) is 0 Å². The van der Waals surface area contributed by atoms with Gasteiger partial charge in [-0.25, -0.2) is 4.68 Å². The summed E-state index contributed by atoms with van der Waals surface area (Å²) in [5.74, 6) is 0. The molecule has 0 saturated carbocycles. The van der Waals surface area contributed by atoms with Gasteiger partial charge in [0.05, 0.1) is 18.5 Å². The molecule has 0 aromatic carbocycles. The molecule has 2 aromatic heterocycles. The van der Waals surface area contributed by atoms with E-state index < -0.39 is 0 Å². The highest BCUT2D eigenvalue weighted by molar-refractivity contribution is 9.10. The molecular formula is C13H14BrN3O2S. The van der Waals surface area contributed by atoms with Crippen LogP contribution in [-0.4, -0.2) is 29.5 Å². The molecule has 3 rings (SSSR count). The number of rotatable bonds is 2. The lowest BCUT2D eigenvalue weighted by Gasteiger charge is -2.34. The van der Waals surface area contributed by atoms with Gasteiger partial charge in [0.1, 0.15) is 10.6 Å². The van der Waals surface area contributed by atoms with Crippen LogP contribution in [0, 0.1) is 0 Å². The Morgan fingerprint density at radius 1 is 1.55 bits per heavy atom. The van der Waals surface area contributed by atoms with Crippen LogP contribution in [0.2, 0.25) is 0 Å². The summed E-state index contributed by atoms with van der Waals surface area (Å²) < 4.78 is 7.70. The van der Waals surface area contributed by atoms with Crippen LogP contribution in [0.15, 0.2) is 33.0 Å². The summed E-state index contributed by atoms with van der Waals surface area (Å²) in [7, 11) is 1.64. The fourth-order valence-corrected chi connectivity index (χ4v) is 3.61. The van der Waals surface area contributed by atoms with E-state index >= 15 is 0 Å². The van der Waals surface area contributed by atoms with Gasteiger partial charge in [0, 0.05) is 25.0 Å². The molecule has 1 aliphatic rings. The van der Waals surface area contributed by atoms with Crippen molar-refractivity contribution >= 4 is 33.0 Å². The highest BCUT2D eigenvalue weighted by atomic mass is 79.9. The van der Waals surface area contributed by atoms with Crippen LogP contribution in [-0.2, 0) is 11.8 Å². The van der Waals surface area contributed by atoms with Crippen molar-refractivity contribution in [1.82, 2.24) is 9.78 Å². The van der Waals surface area contributed by atoms with E-state index in [2.05, 4.69) is 32.0 Å². The molecule has 0 N–H and O–H groups in total. The second kappa shape index (κ2) is 5.67. The van der Waals surface area contributed by atoms with Crippen LogP contribution >= 0.6 is 27.3 Å². The monoisotopic (exact) mass is 355 g/mol. The Balaban J connectivity index is 1.87. The summed E-state index contributed by atoms with van der Waals surface area (Å²) in [6.45, 7) is 2.13. The Labute approximate surface area is 128 Å². The predicted molar refractivity (Wildman–Crippen MR) is 82.4 cm³/mol. The number of ether oxygens (including phenoxy) is 1. The Kier molecular flexibility index (Phi) is 3.91. The molecular weight excluding hydrogens is 342 g/mol. The van der Waals surface area contributed by atoms with Crippen molar-refractivity contribution in [2.75, 3.05) is 24.6 Å². The number of nitrogens with zero attached hydrogens (tertiary/aromatic N) is 3. The molecule has 20 heavy (non-hydrogen) atoms. The minimum absolute atomic E-state index is 0.0553. The Morgan fingerprint density at radius 3 is 3.15 bits per heavy atom. The summed E-state index contributed by atoms with van der Waals surface area (Å²) >= 11 is 5.07. The number of aromatic nitrogens is 2. The van der Waals surface area contributed by atoms with Gasteiger partial charge in [-0.2, -0.15) is 5.10 Å². The zero-order chi connectivity index (χ0) is 14.1. The highest BCUT2D eigenvalue weighted by Crippen LogP contribution is 2.30. The van der Waals surface area contributed by atoms with Crippen molar-refractivity contribution < 1.29 is 4.74 Å². The molecule has 106 valence electrons. The van der Waals surface area contributed by atoms with Gasteiger partial charge in [0.15, 0.2) is 0 Å². The standard InChI is InChI=1S/C13H14BrN3O2S/c1-16-13(18)12(14)9(7-15-16)17-4-5-19-10(8-17)11-3-2-6-20-11/h2-3,6-7,10H,4-5,8H2,1H3. The zero-order valence-corrected chi connectivity index (χ0v) is 13.4. The van der Waals surface area contributed by atoms with Gasteiger partial charge >= 0.3 is 0 Å². The molecule has 5 nitrogen and oxygen atoms in total. The SMILES string of the molecule is Cn1ncc(N2CCOC(c3cccs3)C2)c(Br)c1=O. The molecule has 0 spiro atoms. The van der Waals surface area contributed by atoms with Crippen LogP contribution in [0.4, 0.5) is 5.69 Å². The summed E-state index contributed by atoms with van der Waals surface area (Å²) in [6, 6.07) is 4.11. The molecule has 3 heterocycles. The first-order valence-electron chi connectivity index (χ1n) is 6.28. The largest absolute Gasteiger partial charge is 0.369 e. The molecule has 0 bridgehead atoms. The lowest BCUT2D eigenvalue weighted by molar-refractivity contribution is 0.0420. The van der Waals surface area contributed by atoms with Gasteiger partial charge in [0.25, 0.3) is 5.56 Å². The highest BCUT2D eigenvalue weighted by Gasteiger charge is 2.25. The molecule has 2 aromatic rings. The third-order valence-corrected chi connectivity index (χ3v) is 5.04. The Morgan fingerprint density at radius 2 is 2.40 bits per heavy atom. The molecule has 1 atom stereocenters. The van der Waals surface area contributed by atoms with Gasteiger partial charge in [-0.3, -0.25) is 4.79 Å². The number of anilines is 1. The molecule has 0 amide bonds. The maximum Gasteiger partial charge on any atom is 0.282 e. The first-order valence-corrected chi connectivity index (χ1v) is 7.96. The minimum Gasteiger partial charge on any atom is -0.369 e. The van der Waals surface area contributed by atoms with Crippen LogP contribution in [0.1, 0.15) is 11.0 Å². The molecule has 1 aliphatic heterocycles. The normalized spacial score (nSPS) is 19.3. The van der Waals surface area contributed by atoms with Crippen molar-refractivity contribution in [3.8, 4) is 0 Å². The van der Waals surface area contributed by atoms with Crippen LogP contribution in [0.25, 0.3) is 0 Å². The number of halogens is 1. The smallest absolute Gasteiger partial charge is 0.282 e. The maximum absolute atomic E-state index is 11.9. The predicted octanol–water partition coefficient (Wildman–Crippen LogP) is 2.18. The molecule has 7 heteroatoms. The lowest BCUT2D eigenvalue weighted by atomic mass is 10.2. The summed E-state index contributed by atoms with van der Waals surface area (Å²) in [5, 5.41) is 6.15. The average Bonchev–Trinajstić information content (AvgIpc) is 2.99. The van der Waals surface area contributed by atoms with Crippen molar-refractivity contribution in [1.29, 1.82) is 0 Å². The molecule has 0 radical (unpaired) electrons. The number of aryl methyl sites for hydroxylation is 1. The number of hydrogen-bond acceptors (Lipinski definition) is 5. The summed E-state index contributed by atoms with van der Waals surface area (Å²) in [5.41, 5.74) is 0.708. The first kappa shape index (κ1) is 13.8. The lowest BCUT2D eigenvalue weighted by Crippen LogP contribution is -2.39. The number of morpholine rings is 1. The quantitative estimate of drug-likeness (QED) is 0.828. The second-order valence-corrected chi connectivity index (χ2v) is 6.37. The summed E-state index contributed by atoms with van der Waals surface area (Å²) in [4.78, 5) is 15.3. The number of thiophene rings is 1. The Hall–Kier alpha value is -1.18. The molecule has 1 unspecified atom stereocenters. The van der Waals surface area contributed by atoms with E-state index in [0.29, 0.717) is 11.1 Å². The zero-order valence-electron chi connectivity index (χ0n) is 11.0. The average molecular weight is 356 g/mol. The van der Waals surface area contributed by atoms with Crippen molar-refractivity contribution in [2.24, 2.45) is 7.05 Å². The van der Waals surface area contributed by atoms with Crippen molar-refractivity contribution in [2.45, 2.75) is 6.10 Å². The maximum atomic E-state index is 11.9. The summed E-state index contributed by atoms with van der Waals surface area (Å²) in [6.07, 6.45) is 1.78. The van der Waals surface area contributed by atoms with Crippen molar-refractivity contribution in [3.63, 3.8) is 0 Å². The van der Waals surface area contributed by atoms with Crippen molar-refractivity contribution in [3.05, 3.63) is 43.4 Å². The van der Waals surface area contributed by atoms with Crippen LogP contribution in [0.5, 0.6) is 0 Å². The van der Waals surface area contributed by atoms with Gasteiger partial charge < -0.3 is 9.64 Å². The van der Waals surface area contributed by atoms with Gasteiger partial charge in [0.2, 0.25) is 0 Å². The fraction of sp³-hybridized carbons (Fsp3) is 0.385. The van der Waals surface area contributed by atoms with E-state index in [1.165, 1.54) is 9.56 Å². The van der Waals surface area contributed by atoms with E-state index in [9.17, 15) is 4.79 Å². The third-order valence-electron chi connectivity index (χ3n) is 3.33. The Bertz CT molecular complexity index is 656. The third kappa shape index (κ3) is 2.53. The van der Waals surface area contributed by atoms with E-state index in [1.54, 1.807) is 24.6 Å². The van der Waals surface area contributed by atoms with Gasteiger partial charge in [-0.15, -0.1) is 11.3 Å². The van der Waals surface area contributed by atoms with Gasteiger partial charge in [-0.1, -0.05) is 6.07 Å². The molecule has 0 aliphatic carbocycles. The van der Waals surface area contributed by atoms with E-state index in [0.717, 1.165) is 18.8 Å². The van der Waals surface area contributed by atoms with E-state index in [-0.39, 0.29) is 11.7 Å².